The van der Waals surface area contributed by atoms with Crippen LogP contribution in [-0.4, -0.2) is 48.2 Å². The molecule has 0 saturated carbocycles. The maximum Gasteiger partial charge on any atom is 0.342 e. The first-order chi connectivity index (χ1) is 14.3. The highest BCUT2D eigenvalue weighted by Gasteiger charge is 2.18. The van der Waals surface area contributed by atoms with Crippen molar-refractivity contribution in [1.82, 2.24) is 9.97 Å². The molecule has 0 aliphatic heterocycles. The summed E-state index contributed by atoms with van der Waals surface area (Å²) in [4.78, 5) is 21.0. The summed E-state index contributed by atoms with van der Waals surface area (Å²) < 4.78 is 28.7. The van der Waals surface area contributed by atoms with E-state index in [0.29, 0.717) is 10.6 Å². The number of ether oxygens (including phenoxy) is 1. The molecule has 0 unspecified atom stereocenters. The number of carbonyl (C=O) groups excluding carboxylic acids is 1. The van der Waals surface area contributed by atoms with Gasteiger partial charge in [0, 0.05) is 30.1 Å². The predicted octanol–water partition coefficient (Wildman–Crippen LogP) is 2.98. The van der Waals surface area contributed by atoms with E-state index in [2.05, 4.69) is 9.97 Å². The number of rotatable bonds is 6. The van der Waals surface area contributed by atoms with Crippen molar-refractivity contribution in [1.29, 1.82) is 0 Å². The second-order valence-electron chi connectivity index (χ2n) is 6.30. The quantitative estimate of drug-likeness (QED) is 0.196. The van der Waals surface area contributed by atoms with Gasteiger partial charge < -0.3 is 9.94 Å². The van der Waals surface area contributed by atoms with E-state index in [1.165, 1.54) is 30.5 Å². The molecule has 0 amide bonds. The zero-order valence-corrected chi connectivity index (χ0v) is 17.2. The fourth-order valence-corrected chi connectivity index (χ4v) is 3.24. The highest BCUT2D eigenvalue weighted by molar-refractivity contribution is 7.90. The molecule has 2 aromatic carbocycles. The SMILES string of the molecule is CCOC(=O)c1cnc(-c2ccccc2)nc1C=[N+]([O-])c1ccc(S(C)(=O)=O)cc1. The second kappa shape index (κ2) is 8.83. The van der Waals surface area contributed by atoms with Crippen LogP contribution in [0.4, 0.5) is 5.69 Å². The number of hydrogen-bond acceptors (Lipinski definition) is 7. The Bertz CT molecular complexity index is 1190. The Morgan fingerprint density at radius 2 is 1.80 bits per heavy atom. The van der Waals surface area contributed by atoms with E-state index in [1.807, 2.05) is 30.3 Å². The van der Waals surface area contributed by atoms with E-state index in [9.17, 15) is 18.4 Å². The van der Waals surface area contributed by atoms with E-state index in [1.54, 1.807) is 6.92 Å². The minimum Gasteiger partial charge on any atom is -0.618 e. The zero-order valence-electron chi connectivity index (χ0n) is 16.3. The molecule has 0 N–H and O–H groups in total. The van der Waals surface area contributed by atoms with Gasteiger partial charge in [-0.2, -0.15) is 4.74 Å². The van der Waals surface area contributed by atoms with Gasteiger partial charge in [0.1, 0.15) is 11.3 Å². The van der Waals surface area contributed by atoms with Gasteiger partial charge in [-0.15, -0.1) is 0 Å². The Hall–Kier alpha value is -3.59. The van der Waals surface area contributed by atoms with Crippen molar-refractivity contribution < 1.29 is 22.7 Å². The van der Waals surface area contributed by atoms with Crippen molar-refractivity contribution >= 4 is 27.7 Å². The summed E-state index contributed by atoms with van der Waals surface area (Å²) in [6.07, 6.45) is 3.54. The van der Waals surface area contributed by atoms with Crippen LogP contribution in [0.25, 0.3) is 11.4 Å². The highest BCUT2D eigenvalue weighted by atomic mass is 32.2. The van der Waals surface area contributed by atoms with E-state index in [-0.39, 0.29) is 28.4 Å². The topological polar surface area (TPSA) is 112 Å². The lowest BCUT2D eigenvalue weighted by Crippen LogP contribution is -2.13. The van der Waals surface area contributed by atoms with Gasteiger partial charge in [-0.1, -0.05) is 30.3 Å². The first kappa shape index (κ1) is 21.1. The molecule has 8 nitrogen and oxygen atoms in total. The summed E-state index contributed by atoms with van der Waals surface area (Å²) in [5.41, 5.74) is 1.03. The van der Waals surface area contributed by atoms with E-state index < -0.39 is 15.8 Å². The molecule has 0 bridgehead atoms. The van der Waals surface area contributed by atoms with Crippen molar-refractivity contribution in [3.05, 3.63) is 77.3 Å². The molecule has 154 valence electrons. The van der Waals surface area contributed by atoms with Crippen molar-refractivity contribution in [2.24, 2.45) is 0 Å². The molecule has 0 atom stereocenters. The molecule has 0 aliphatic rings. The smallest absolute Gasteiger partial charge is 0.342 e. The fourth-order valence-electron chi connectivity index (χ4n) is 2.61. The largest absolute Gasteiger partial charge is 0.618 e. The molecular formula is C21H19N3O5S. The maximum absolute atomic E-state index is 12.7. The third kappa shape index (κ3) is 4.87. The summed E-state index contributed by atoms with van der Waals surface area (Å²) in [6.45, 7) is 1.83. The van der Waals surface area contributed by atoms with Crippen LogP contribution in [0.3, 0.4) is 0 Å². The molecule has 1 heterocycles. The highest BCUT2D eigenvalue weighted by Crippen LogP contribution is 2.18. The predicted molar refractivity (Wildman–Crippen MR) is 111 cm³/mol. The molecule has 3 rings (SSSR count). The molecule has 3 aromatic rings. The Balaban J connectivity index is 2.06. The molecule has 0 saturated heterocycles. The summed E-state index contributed by atoms with van der Waals surface area (Å²) in [5.74, 6) is -0.306. The Morgan fingerprint density at radius 3 is 2.40 bits per heavy atom. The van der Waals surface area contributed by atoms with Crippen molar-refractivity contribution in [3.8, 4) is 11.4 Å². The van der Waals surface area contributed by atoms with Gasteiger partial charge in [-0.3, -0.25) is 0 Å². The van der Waals surface area contributed by atoms with Gasteiger partial charge in [-0.25, -0.2) is 23.2 Å². The van der Waals surface area contributed by atoms with Crippen LogP contribution in [0, 0.1) is 5.21 Å². The van der Waals surface area contributed by atoms with Gasteiger partial charge in [0.15, 0.2) is 15.7 Å². The molecular weight excluding hydrogens is 406 g/mol. The lowest BCUT2D eigenvalue weighted by molar-refractivity contribution is -0.354. The van der Waals surface area contributed by atoms with Crippen molar-refractivity contribution in [2.45, 2.75) is 11.8 Å². The third-order valence-electron chi connectivity index (χ3n) is 4.10. The van der Waals surface area contributed by atoms with Crippen LogP contribution >= 0.6 is 0 Å². The van der Waals surface area contributed by atoms with E-state index >= 15 is 0 Å². The molecule has 9 heteroatoms. The van der Waals surface area contributed by atoms with Crippen LogP contribution in [0.5, 0.6) is 0 Å². The van der Waals surface area contributed by atoms with Crippen LogP contribution in [0.2, 0.25) is 0 Å². The maximum atomic E-state index is 12.7. The summed E-state index contributed by atoms with van der Waals surface area (Å²) in [7, 11) is -3.38. The number of sulfone groups is 1. The fraction of sp³-hybridized carbons (Fsp3) is 0.143. The zero-order chi connectivity index (χ0) is 21.7. The molecule has 30 heavy (non-hydrogen) atoms. The number of benzene rings is 2. The summed E-state index contributed by atoms with van der Waals surface area (Å²) in [5, 5.41) is 12.7. The van der Waals surface area contributed by atoms with Gasteiger partial charge in [-0.05, 0) is 19.1 Å². The van der Waals surface area contributed by atoms with Crippen molar-refractivity contribution in [3.63, 3.8) is 0 Å². The van der Waals surface area contributed by atoms with Gasteiger partial charge in [0.25, 0.3) is 0 Å². The normalized spacial score (nSPS) is 11.9. The average molecular weight is 425 g/mol. The molecule has 0 spiro atoms. The van der Waals surface area contributed by atoms with Crippen molar-refractivity contribution in [2.75, 3.05) is 12.9 Å². The lowest BCUT2D eigenvalue weighted by atomic mass is 10.2. The van der Waals surface area contributed by atoms with Crippen LogP contribution in [0.15, 0.2) is 65.7 Å². The van der Waals surface area contributed by atoms with Crippen LogP contribution < -0.4 is 0 Å². The second-order valence-corrected chi connectivity index (χ2v) is 8.32. The number of carbonyl (C=O) groups is 1. The number of aromatic nitrogens is 2. The summed E-state index contributed by atoms with van der Waals surface area (Å²) in [6, 6.07) is 14.5. The monoisotopic (exact) mass is 425 g/mol. The van der Waals surface area contributed by atoms with Crippen LogP contribution in [-0.2, 0) is 14.6 Å². The molecule has 0 fully saturated rings. The molecule has 0 radical (unpaired) electrons. The Labute approximate surface area is 174 Å². The van der Waals surface area contributed by atoms with E-state index in [0.717, 1.165) is 18.0 Å². The minimum atomic E-state index is -3.38. The molecule has 1 aromatic heterocycles. The summed E-state index contributed by atoms with van der Waals surface area (Å²) >= 11 is 0. The number of esters is 1. The number of hydrogen-bond donors (Lipinski definition) is 0. The first-order valence-corrected chi connectivity index (χ1v) is 10.9. The van der Waals surface area contributed by atoms with Gasteiger partial charge >= 0.3 is 5.97 Å². The van der Waals surface area contributed by atoms with Gasteiger partial charge in [0.05, 0.1) is 11.5 Å². The number of nitrogens with zero attached hydrogens (tertiary/aromatic N) is 3. The van der Waals surface area contributed by atoms with E-state index in [4.69, 9.17) is 4.74 Å². The third-order valence-corrected chi connectivity index (χ3v) is 5.23. The lowest BCUT2D eigenvalue weighted by Gasteiger charge is -2.08. The minimum absolute atomic E-state index is 0.0464. The average Bonchev–Trinajstić information content (AvgIpc) is 2.74. The molecule has 0 aliphatic carbocycles. The standard InChI is InChI=1S/C21H19N3O5S/c1-3-29-21(25)18-13-22-20(15-7-5-4-6-8-15)23-19(18)14-24(26)16-9-11-17(12-10-16)30(2,27)28/h4-14H,3H2,1-2H3. The Kier molecular flexibility index (Phi) is 6.22. The van der Waals surface area contributed by atoms with Gasteiger partial charge in [0.2, 0.25) is 11.9 Å². The first-order valence-electron chi connectivity index (χ1n) is 9.00. The van der Waals surface area contributed by atoms with Crippen LogP contribution in [0.1, 0.15) is 23.0 Å². The Morgan fingerprint density at radius 1 is 1.13 bits per heavy atom.